The van der Waals surface area contributed by atoms with E-state index in [1.807, 2.05) is 30.3 Å². The van der Waals surface area contributed by atoms with E-state index in [4.69, 9.17) is 9.47 Å². The largest absolute Gasteiger partial charge is 0.505 e. The second-order valence-electron chi connectivity index (χ2n) is 8.24. The number of nitrogens with zero attached hydrogens (tertiary/aromatic N) is 1. The molecule has 1 saturated heterocycles. The predicted octanol–water partition coefficient (Wildman–Crippen LogP) is 4.43. The maximum atomic E-state index is 13.6. The molecule has 1 aliphatic carbocycles. The number of hydrogen-bond donors (Lipinski definition) is 1. The number of likely N-dealkylation sites (tertiary alicyclic amines) is 1. The zero-order valence-electron chi connectivity index (χ0n) is 16.5. The smallest absolute Gasteiger partial charge is 0.165 e. The van der Waals surface area contributed by atoms with E-state index in [1.165, 1.54) is 12.1 Å². The summed E-state index contributed by atoms with van der Waals surface area (Å²) < 4.78 is 25.0. The van der Waals surface area contributed by atoms with Crippen LogP contribution in [0.25, 0.3) is 0 Å². The fourth-order valence-corrected chi connectivity index (χ4v) is 4.76. The summed E-state index contributed by atoms with van der Waals surface area (Å²) in [6.45, 7) is 5.20. The van der Waals surface area contributed by atoms with Gasteiger partial charge in [0.05, 0.1) is 13.2 Å². The minimum absolute atomic E-state index is 0.236. The number of methoxy groups -OCH3 is 1. The maximum Gasteiger partial charge on any atom is 0.165 e. The van der Waals surface area contributed by atoms with Gasteiger partial charge in [0.15, 0.2) is 11.6 Å². The fourth-order valence-electron chi connectivity index (χ4n) is 4.76. The van der Waals surface area contributed by atoms with E-state index in [0.29, 0.717) is 11.8 Å². The van der Waals surface area contributed by atoms with Crippen molar-refractivity contribution in [1.29, 1.82) is 0 Å². The van der Waals surface area contributed by atoms with Gasteiger partial charge in [-0.15, -0.1) is 0 Å². The summed E-state index contributed by atoms with van der Waals surface area (Å²) >= 11 is 0. The number of rotatable bonds is 6. The summed E-state index contributed by atoms with van der Waals surface area (Å²) in [5.41, 5.74) is 0.938. The molecule has 2 aliphatic rings. The van der Waals surface area contributed by atoms with Crippen LogP contribution in [0.2, 0.25) is 0 Å². The molecular weight excluding hydrogens is 357 g/mol. The van der Waals surface area contributed by atoms with Crippen LogP contribution in [-0.4, -0.2) is 42.9 Å². The van der Waals surface area contributed by atoms with Crippen LogP contribution in [0.1, 0.15) is 31.2 Å². The van der Waals surface area contributed by atoms with Gasteiger partial charge in [0.2, 0.25) is 0 Å². The number of phenols is 1. The molecule has 28 heavy (non-hydrogen) atoms. The number of benzene rings is 2. The number of aromatic hydroxyl groups is 1. The molecule has 1 N–H and O–H groups in total. The lowest BCUT2D eigenvalue weighted by Gasteiger charge is -2.23. The lowest BCUT2D eigenvalue weighted by Crippen LogP contribution is -2.28. The van der Waals surface area contributed by atoms with Gasteiger partial charge in [0, 0.05) is 19.6 Å². The third-order valence-electron chi connectivity index (χ3n) is 6.22. The molecule has 2 fully saturated rings. The first-order valence-electron chi connectivity index (χ1n) is 10.0. The van der Waals surface area contributed by atoms with Crippen LogP contribution >= 0.6 is 0 Å². The highest BCUT2D eigenvalue weighted by Gasteiger charge is 2.42. The number of hydrogen-bond acceptors (Lipinski definition) is 4. The Balaban J connectivity index is 1.28. The van der Waals surface area contributed by atoms with Crippen LogP contribution in [-0.2, 0) is 0 Å². The number of fused-ring (bicyclic) bond motifs is 1. The van der Waals surface area contributed by atoms with Gasteiger partial charge >= 0.3 is 0 Å². The Morgan fingerprint density at radius 1 is 1.07 bits per heavy atom. The van der Waals surface area contributed by atoms with Crippen molar-refractivity contribution in [2.24, 2.45) is 11.8 Å². The molecule has 2 aromatic carbocycles. The van der Waals surface area contributed by atoms with Crippen molar-refractivity contribution in [3.63, 3.8) is 0 Å². The zero-order valence-corrected chi connectivity index (χ0v) is 16.5. The van der Waals surface area contributed by atoms with Gasteiger partial charge in [-0.2, -0.15) is 0 Å². The monoisotopic (exact) mass is 385 g/mol. The lowest BCUT2D eigenvalue weighted by atomic mass is 10.0. The Labute approximate surface area is 165 Å². The molecule has 4 rings (SSSR count). The van der Waals surface area contributed by atoms with Crippen LogP contribution in [0.3, 0.4) is 0 Å². The first-order chi connectivity index (χ1) is 13.5. The number of ether oxygens (including phenoxy) is 2. The SMILES string of the molecule is COc1ccc(O[C@H]2C[C@@H]3CN(CC(C)c4ccc(O)c(F)c4)C[C@@H]3C2)cc1. The molecule has 5 heteroatoms. The molecule has 0 amide bonds. The van der Waals surface area contributed by atoms with E-state index in [2.05, 4.69) is 11.8 Å². The Kier molecular flexibility index (Phi) is 5.44. The molecule has 0 radical (unpaired) electrons. The summed E-state index contributed by atoms with van der Waals surface area (Å²) in [5, 5.41) is 9.37. The molecule has 0 spiro atoms. The van der Waals surface area contributed by atoms with Crippen molar-refractivity contribution in [2.75, 3.05) is 26.7 Å². The average Bonchev–Trinajstić information content (AvgIpc) is 3.22. The van der Waals surface area contributed by atoms with Gasteiger partial charge in [-0.25, -0.2) is 4.39 Å². The Bertz CT molecular complexity index is 796. The second kappa shape index (κ2) is 8.00. The Hall–Kier alpha value is -2.27. The number of halogens is 1. The van der Waals surface area contributed by atoms with E-state index >= 15 is 0 Å². The van der Waals surface area contributed by atoms with Crippen molar-refractivity contribution in [3.8, 4) is 17.2 Å². The highest BCUT2D eigenvalue weighted by atomic mass is 19.1. The summed E-state index contributed by atoms with van der Waals surface area (Å²) in [5.74, 6) is 2.51. The molecule has 0 bridgehead atoms. The van der Waals surface area contributed by atoms with Crippen LogP contribution in [0, 0.1) is 17.7 Å². The summed E-state index contributed by atoms with van der Waals surface area (Å²) in [4.78, 5) is 2.49. The van der Waals surface area contributed by atoms with Gasteiger partial charge in [0.25, 0.3) is 0 Å². The molecular formula is C23H28FNO3. The minimum atomic E-state index is -0.541. The van der Waals surface area contributed by atoms with Crippen LogP contribution in [0.4, 0.5) is 4.39 Å². The summed E-state index contributed by atoms with van der Waals surface area (Å²) in [6, 6.07) is 12.5. The van der Waals surface area contributed by atoms with Gasteiger partial charge in [0.1, 0.15) is 11.5 Å². The standard InChI is InChI=1S/C23H28FNO3/c1-15(16-3-8-23(26)22(24)11-16)12-25-13-17-9-21(10-18(17)14-25)28-20-6-4-19(27-2)5-7-20/h3-8,11,15,17-18,21,26H,9-10,12-14H2,1-2H3/t15?,17-,18+,21+. The highest BCUT2D eigenvalue weighted by Crippen LogP contribution is 2.40. The molecule has 1 saturated carbocycles. The van der Waals surface area contributed by atoms with Crippen molar-refractivity contribution >= 4 is 0 Å². The average molecular weight is 385 g/mol. The zero-order chi connectivity index (χ0) is 19.7. The molecule has 2 aromatic rings. The second-order valence-corrected chi connectivity index (χ2v) is 8.24. The van der Waals surface area contributed by atoms with E-state index in [0.717, 1.165) is 49.5 Å². The summed E-state index contributed by atoms with van der Waals surface area (Å²) in [7, 11) is 1.67. The quantitative estimate of drug-likeness (QED) is 0.799. The van der Waals surface area contributed by atoms with Crippen molar-refractivity contribution < 1.29 is 19.0 Å². The van der Waals surface area contributed by atoms with E-state index in [-0.39, 0.29) is 17.8 Å². The van der Waals surface area contributed by atoms with Crippen molar-refractivity contribution in [1.82, 2.24) is 4.90 Å². The van der Waals surface area contributed by atoms with Gasteiger partial charge in [-0.05, 0) is 72.6 Å². The Morgan fingerprint density at radius 3 is 2.32 bits per heavy atom. The summed E-state index contributed by atoms with van der Waals surface area (Å²) in [6.07, 6.45) is 2.47. The number of phenolic OH excluding ortho intramolecular Hbond substituents is 1. The molecule has 4 atom stereocenters. The van der Waals surface area contributed by atoms with Crippen LogP contribution in [0.15, 0.2) is 42.5 Å². The third-order valence-corrected chi connectivity index (χ3v) is 6.22. The van der Waals surface area contributed by atoms with E-state index < -0.39 is 5.82 Å². The fraction of sp³-hybridized carbons (Fsp3) is 0.478. The highest BCUT2D eigenvalue weighted by molar-refractivity contribution is 5.31. The molecule has 4 nitrogen and oxygen atoms in total. The molecule has 0 aromatic heterocycles. The van der Waals surface area contributed by atoms with Gasteiger partial charge < -0.3 is 19.5 Å². The minimum Gasteiger partial charge on any atom is -0.505 e. The molecule has 1 aliphatic heterocycles. The van der Waals surface area contributed by atoms with Gasteiger partial charge in [-0.1, -0.05) is 13.0 Å². The van der Waals surface area contributed by atoms with E-state index in [9.17, 15) is 9.50 Å². The van der Waals surface area contributed by atoms with Crippen molar-refractivity contribution in [2.45, 2.75) is 31.8 Å². The first-order valence-corrected chi connectivity index (χ1v) is 10.0. The predicted molar refractivity (Wildman–Crippen MR) is 107 cm³/mol. The molecule has 1 unspecified atom stereocenters. The van der Waals surface area contributed by atoms with Gasteiger partial charge in [-0.3, -0.25) is 0 Å². The topological polar surface area (TPSA) is 41.9 Å². The lowest BCUT2D eigenvalue weighted by molar-refractivity contribution is 0.184. The van der Waals surface area contributed by atoms with Crippen molar-refractivity contribution in [3.05, 3.63) is 53.8 Å². The third kappa shape index (κ3) is 4.09. The van der Waals surface area contributed by atoms with Crippen LogP contribution in [0.5, 0.6) is 17.2 Å². The Morgan fingerprint density at radius 2 is 1.71 bits per heavy atom. The molecule has 1 heterocycles. The maximum absolute atomic E-state index is 13.6. The normalized spacial score (nSPS) is 25.5. The van der Waals surface area contributed by atoms with E-state index in [1.54, 1.807) is 7.11 Å². The first kappa shape index (κ1) is 19.1. The molecule has 150 valence electrons. The van der Waals surface area contributed by atoms with Crippen LogP contribution < -0.4 is 9.47 Å².